The number of piperidine rings is 1. The third kappa shape index (κ3) is 3.45. The van der Waals surface area contributed by atoms with E-state index in [1.807, 2.05) is 6.07 Å². The van der Waals surface area contributed by atoms with Crippen molar-refractivity contribution in [2.45, 2.75) is 32.9 Å². The number of furan rings is 1. The van der Waals surface area contributed by atoms with Gasteiger partial charge in [0.25, 0.3) is 0 Å². The third-order valence-corrected chi connectivity index (χ3v) is 3.96. The minimum Gasteiger partial charge on any atom is -0.461 e. The molecule has 0 aromatic carbocycles. The number of halogens is 1. The molecule has 0 radical (unpaired) electrons. The first kappa shape index (κ1) is 16.0. The number of likely N-dealkylation sites (tertiary alicyclic amines) is 1. The van der Waals surface area contributed by atoms with E-state index in [0.717, 1.165) is 19.5 Å². The molecule has 2 aromatic rings. The maximum atomic E-state index is 6.15. The Kier molecular flexibility index (Phi) is 4.70. The number of nitrogens with two attached hydrogens (primary N) is 1. The van der Waals surface area contributed by atoms with E-state index in [1.54, 1.807) is 12.3 Å². The van der Waals surface area contributed by atoms with E-state index in [2.05, 4.69) is 28.9 Å². The standard InChI is InChI=1S/C14H20N4O2.ClH/c1-14(2)9-18(6-5-11(14)15)8-12-16-13(17-20-12)10-4-3-7-19-10;/h3-4,7,11H,5-6,8-9,15H2,1-2H3;1H. The van der Waals surface area contributed by atoms with Gasteiger partial charge in [0.2, 0.25) is 11.7 Å². The highest BCUT2D eigenvalue weighted by molar-refractivity contribution is 5.85. The second kappa shape index (κ2) is 6.17. The zero-order valence-corrected chi connectivity index (χ0v) is 13.1. The largest absolute Gasteiger partial charge is 0.461 e. The van der Waals surface area contributed by atoms with Gasteiger partial charge in [0, 0.05) is 19.1 Å². The van der Waals surface area contributed by atoms with Crippen molar-refractivity contribution in [2.24, 2.45) is 11.1 Å². The predicted molar refractivity (Wildman–Crippen MR) is 80.9 cm³/mol. The van der Waals surface area contributed by atoms with Crippen molar-refractivity contribution in [3.63, 3.8) is 0 Å². The van der Waals surface area contributed by atoms with E-state index >= 15 is 0 Å². The lowest BCUT2D eigenvalue weighted by molar-refractivity contribution is 0.0811. The molecule has 0 aliphatic carbocycles. The molecule has 0 saturated carbocycles. The van der Waals surface area contributed by atoms with E-state index in [0.29, 0.717) is 24.0 Å². The van der Waals surface area contributed by atoms with Crippen LogP contribution >= 0.6 is 12.4 Å². The van der Waals surface area contributed by atoms with Crippen molar-refractivity contribution in [3.8, 4) is 11.6 Å². The molecule has 1 aliphatic rings. The monoisotopic (exact) mass is 312 g/mol. The van der Waals surface area contributed by atoms with Crippen LogP contribution in [0.3, 0.4) is 0 Å². The molecule has 3 rings (SSSR count). The Morgan fingerprint density at radius 2 is 2.29 bits per heavy atom. The van der Waals surface area contributed by atoms with Gasteiger partial charge < -0.3 is 14.7 Å². The van der Waals surface area contributed by atoms with Crippen molar-refractivity contribution in [1.29, 1.82) is 0 Å². The van der Waals surface area contributed by atoms with E-state index in [1.165, 1.54) is 0 Å². The third-order valence-electron chi connectivity index (χ3n) is 3.96. The van der Waals surface area contributed by atoms with E-state index in [4.69, 9.17) is 14.7 Å². The van der Waals surface area contributed by atoms with Crippen LogP contribution in [0.4, 0.5) is 0 Å². The van der Waals surface area contributed by atoms with Crippen molar-refractivity contribution in [2.75, 3.05) is 13.1 Å². The smallest absolute Gasteiger partial charge is 0.241 e. The van der Waals surface area contributed by atoms with Crippen molar-refractivity contribution < 1.29 is 8.94 Å². The summed E-state index contributed by atoms with van der Waals surface area (Å²) >= 11 is 0. The summed E-state index contributed by atoms with van der Waals surface area (Å²) in [5.41, 5.74) is 6.26. The molecule has 21 heavy (non-hydrogen) atoms. The topological polar surface area (TPSA) is 81.3 Å². The summed E-state index contributed by atoms with van der Waals surface area (Å²) in [4.78, 5) is 6.68. The number of aromatic nitrogens is 2. The molecule has 7 heteroatoms. The van der Waals surface area contributed by atoms with Gasteiger partial charge in [-0.05, 0) is 24.0 Å². The molecular formula is C14H21ClN4O2. The maximum absolute atomic E-state index is 6.15. The van der Waals surface area contributed by atoms with E-state index < -0.39 is 0 Å². The minimum atomic E-state index is 0. The Labute approximate surface area is 130 Å². The van der Waals surface area contributed by atoms with Crippen LogP contribution in [0.25, 0.3) is 11.6 Å². The molecule has 2 N–H and O–H groups in total. The Morgan fingerprint density at radius 3 is 2.95 bits per heavy atom. The number of nitrogens with zero attached hydrogens (tertiary/aromatic N) is 3. The second-order valence-electron chi connectivity index (χ2n) is 6.08. The summed E-state index contributed by atoms with van der Waals surface area (Å²) in [5.74, 6) is 1.74. The maximum Gasteiger partial charge on any atom is 0.241 e. The van der Waals surface area contributed by atoms with Crippen molar-refractivity contribution in [1.82, 2.24) is 15.0 Å². The quantitative estimate of drug-likeness (QED) is 0.936. The minimum absolute atomic E-state index is 0. The lowest BCUT2D eigenvalue weighted by Crippen LogP contribution is -2.52. The summed E-state index contributed by atoms with van der Waals surface area (Å²) in [7, 11) is 0. The fourth-order valence-corrected chi connectivity index (χ4v) is 2.64. The van der Waals surface area contributed by atoms with Crippen LogP contribution in [0, 0.1) is 5.41 Å². The zero-order chi connectivity index (χ0) is 14.2. The number of hydrogen-bond acceptors (Lipinski definition) is 6. The van der Waals surface area contributed by atoms with Crippen LogP contribution < -0.4 is 5.73 Å². The summed E-state index contributed by atoms with van der Waals surface area (Å²) in [6, 6.07) is 3.87. The van der Waals surface area contributed by atoms with Gasteiger partial charge in [0.1, 0.15) is 0 Å². The fourth-order valence-electron chi connectivity index (χ4n) is 2.64. The van der Waals surface area contributed by atoms with Gasteiger partial charge in [-0.25, -0.2) is 0 Å². The van der Waals surface area contributed by atoms with Crippen LogP contribution in [0.15, 0.2) is 27.3 Å². The number of rotatable bonds is 3. The lowest BCUT2D eigenvalue weighted by Gasteiger charge is -2.42. The van der Waals surface area contributed by atoms with Gasteiger partial charge in [-0.15, -0.1) is 12.4 Å². The molecule has 0 spiro atoms. The van der Waals surface area contributed by atoms with E-state index in [9.17, 15) is 0 Å². The van der Waals surface area contributed by atoms with Crippen molar-refractivity contribution >= 4 is 12.4 Å². The van der Waals surface area contributed by atoms with Crippen LogP contribution in [-0.2, 0) is 6.54 Å². The predicted octanol–water partition coefficient (Wildman–Crippen LogP) is 2.31. The molecule has 1 fully saturated rings. The molecule has 0 bridgehead atoms. The van der Waals surface area contributed by atoms with Crippen LogP contribution in [0.5, 0.6) is 0 Å². The molecule has 1 atom stereocenters. The Morgan fingerprint density at radius 1 is 1.48 bits per heavy atom. The Bertz CT molecular complexity index is 567. The fraction of sp³-hybridized carbons (Fsp3) is 0.571. The van der Waals surface area contributed by atoms with Crippen LogP contribution in [0.2, 0.25) is 0 Å². The molecule has 3 heterocycles. The molecule has 0 amide bonds. The molecular weight excluding hydrogens is 292 g/mol. The van der Waals surface area contributed by atoms with Crippen LogP contribution in [0.1, 0.15) is 26.2 Å². The Hall–Kier alpha value is -1.37. The van der Waals surface area contributed by atoms with Gasteiger partial charge in [-0.1, -0.05) is 19.0 Å². The molecule has 1 aliphatic heterocycles. The molecule has 1 unspecified atom stereocenters. The van der Waals surface area contributed by atoms with Crippen LogP contribution in [-0.4, -0.2) is 34.2 Å². The van der Waals surface area contributed by atoms with Gasteiger partial charge in [0.05, 0.1) is 12.8 Å². The Balaban J connectivity index is 0.00000161. The summed E-state index contributed by atoms with van der Waals surface area (Å²) in [6.45, 7) is 6.96. The molecule has 1 saturated heterocycles. The first-order valence-electron chi connectivity index (χ1n) is 6.89. The molecule has 6 nitrogen and oxygen atoms in total. The van der Waals surface area contributed by atoms with E-state index in [-0.39, 0.29) is 23.9 Å². The zero-order valence-electron chi connectivity index (χ0n) is 12.3. The average molecular weight is 313 g/mol. The second-order valence-corrected chi connectivity index (χ2v) is 6.08. The lowest BCUT2D eigenvalue weighted by atomic mass is 9.80. The summed E-state index contributed by atoms with van der Waals surface area (Å²) in [6.07, 6.45) is 2.59. The SMILES string of the molecule is CC1(C)CN(Cc2nc(-c3ccco3)no2)CCC1N.Cl. The first-order chi connectivity index (χ1) is 9.54. The molecule has 2 aromatic heterocycles. The normalized spacial score (nSPS) is 22.0. The summed E-state index contributed by atoms with van der Waals surface area (Å²) < 4.78 is 10.5. The van der Waals surface area contributed by atoms with Gasteiger partial charge >= 0.3 is 0 Å². The van der Waals surface area contributed by atoms with Gasteiger partial charge in [-0.2, -0.15) is 4.98 Å². The highest BCUT2D eigenvalue weighted by Gasteiger charge is 2.33. The van der Waals surface area contributed by atoms with Gasteiger partial charge in [0.15, 0.2) is 5.76 Å². The average Bonchev–Trinajstić information content (AvgIpc) is 3.03. The van der Waals surface area contributed by atoms with Gasteiger partial charge in [-0.3, -0.25) is 4.90 Å². The highest BCUT2D eigenvalue weighted by Crippen LogP contribution is 2.28. The number of hydrogen-bond donors (Lipinski definition) is 1. The van der Waals surface area contributed by atoms with Crippen molar-refractivity contribution in [3.05, 3.63) is 24.3 Å². The first-order valence-corrected chi connectivity index (χ1v) is 6.89. The summed E-state index contributed by atoms with van der Waals surface area (Å²) in [5, 5.41) is 3.94. The highest BCUT2D eigenvalue weighted by atomic mass is 35.5. The molecule has 116 valence electrons.